The highest BCUT2D eigenvalue weighted by atomic mass is 32.2. The van der Waals surface area contributed by atoms with Gasteiger partial charge in [0.1, 0.15) is 10.6 Å². The molecule has 2 N–H and O–H groups in total. The van der Waals surface area contributed by atoms with Crippen LogP contribution in [-0.2, 0) is 10.0 Å². The highest BCUT2D eigenvalue weighted by molar-refractivity contribution is 7.89. The average molecular weight is 421 g/mol. The first-order valence-corrected chi connectivity index (χ1v) is 12.1. The molecule has 0 atom stereocenters. The Morgan fingerprint density at radius 1 is 1.14 bits per heavy atom. The molecule has 0 aliphatic heterocycles. The number of allylic oxidation sites excluding steroid dienone is 1. The van der Waals surface area contributed by atoms with Crippen molar-refractivity contribution >= 4 is 15.9 Å². The number of amides is 1. The van der Waals surface area contributed by atoms with Crippen LogP contribution in [0.3, 0.4) is 0 Å². The lowest BCUT2D eigenvalue weighted by molar-refractivity contribution is 0.0953. The fraction of sp³-hybridized carbons (Fsp3) is 0.591. The molecule has 0 bridgehead atoms. The molecule has 3 rings (SSSR count). The summed E-state index contributed by atoms with van der Waals surface area (Å²) in [5, 5.41) is 2.91. The van der Waals surface area contributed by atoms with E-state index in [2.05, 4.69) is 16.1 Å². The first kappa shape index (κ1) is 21.8. The summed E-state index contributed by atoms with van der Waals surface area (Å²) < 4.78 is 33.9. The van der Waals surface area contributed by atoms with Gasteiger partial charge >= 0.3 is 0 Å². The molecule has 0 aromatic heterocycles. The van der Waals surface area contributed by atoms with E-state index in [1.807, 2.05) is 0 Å². The van der Waals surface area contributed by atoms with E-state index in [9.17, 15) is 13.2 Å². The zero-order valence-corrected chi connectivity index (χ0v) is 18.0. The van der Waals surface area contributed by atoms with E-state index < -0.39 is 10.0 Å². The van der Waals surface area contributed by atoms with E-state index in [0.717, 1.165) is 51.4 Å². The summed E-state index contributed by atoms with van der Waals surface area (Å²) in [5.74, 6) is -0.0181. The van der Waals surface area contributed by atoms with Crippen LogP contribution in [0, 0.1) is 0 Å². The second-order valence-electron chi connectivity index (χ2n) is 7.94. The normalized spacial score (nSPS) is 18.2. The lowest BCUT2D eigenvalue weighted by Crippen LogP contribution is -2.36. The Morgan fingerprint density at radius 3 is 2.62 bits per heavy atom. The highest BCUT2D eigenvalue weighted by Crippen LogP contribution is 2.27. The van der Waals surface area contributed by atoms with Gasteiger partial charge in [-0.05, 0) is 63.1 Å². The van der Waals surface area contributed by atoms with Gasteiger partial charge in [-0.1, -0.05) is 30.9 Å². The van der Waals surface area contributed by atoms with E-state index in [-0.39, 0.29) is 22.6 Å². The predicted molar refractivity (Wildman–Crippen MR) is 114 cm³/mol. The standard InChI is InChI=1S/C22H32N2O4S/c1-28-20-13-12-18(22(25)23-15-14-17-8-4-2-5-9-17)16-21(20)29(26,27)24-19-10-6-3-7-11-19/h8,12-13,16,19,24H,2-7,9-11,14-15H2,1H3,(H,23,25). The molecule has 0 unspecified atom stereocenters. The van der Waals surface area contributed by atoms with Gasteiger partial charge in [0.15, 0.2) is 0 Å². The van der Waals surface area contributed by atoms with Crippen molar-refractivity contribution in [1.82, 2.24) is 10.0 Å². The van der Waals surface area contributed by atoms with Crippen molar-refractivity contribution < 1.29 is 17.9 Å². The molecule has 0 heterocycles. The van der Waals surface area contributed by atoms with E-state index in [0.29, 0.717) is 12.1 Å². The number of carbonyl (C=O) groups is 1. The fourth-order valence-corrected chi connectivity index (χ4v) is 5.60. The maximum absolute atomic E-state index is 12.9. The van der Waals surface area contributed by atoms with Crippen molar-refractivity contribution in [3.05, 3.63) is 35.4 Å². The molecule has 0 radical (unpaired) electrons. The number of nitrogens with one attached hydrogen (secondary N) is 2. The Bertz CT molecular complexity index is 842. The lowest BCUT2D eigenvalue weighted by atomic mass is 9.96. The number of hydrogen-bond acceptors (Lipinski definition) is 4. The summed E-state index contributed by atoms with van der Waals surface area (Å²) in [6, 6.07) is 4.51. The number of rotatable bonds is 8. The van der Waals surface area contributed by atoms with Crippen molar-refractivity contribution in [2.75, 3.05) is 13.7 Å². The van der Waals surface area contributed by atoms with Gasteiger partial charge in [0.2, 0.25) is 10.0 Å². The molecule has 29 heavy (non-hydrogen) atoms. The summed E-state index contributed by atoms with van der Waals surface area (Å²) >= 11 is 0. The van der Waals surface area contributed by atoms with Crippen LogP contribution < -0.4 is 14.8 Å². The Morgan fingerprint density at radius 2 is 1.93 bits per heavy atom. The van der Waals surface area contributed by atoms with Crippen LogP contribution in [0.15, 0.2) is 34.7 Å². The van der Waals surface area contributed by atoms with Gasteiger partial charge in [0.05, 0.1) is 7.11 Å². The largest absolute Gasteiger partial charge is 0.495 e. The predicted octanol–water partition coefficient (Wildman–Crippen LogP) is 3.93. The van der Waals surface area contributed by atoms with E-state index in [1.165, 1.54) is 31.6 Å². The number of hydrogen-bond donors (Lipinski definition) is 2. The van der Waals surface area contributed by atoms with Gasteiger partial charge in [0, 0.05) is 18.2 Å². The maximum atomic E-state index is 12.9. The summed E-state index contributed by atoms with van der Waals surface area (Å²) in [6.45, 7) is 0.555. The van der Waals surface area contributed by atoms with Crippen molar-refractivity contribution in [2.45, 2.75) is 75.1 Å². The zero-order valence-electron chi connectivity index (χ0n) is 17.2. The molecule has 0 saturated heterocycles. The van der Waals surface area contributed by atoms with Gasteiger partial charge in [-0.25, -0.2) is 13.1 Å². The number of sulfonamides is 1. The van der Waals surface area contributed by atoms with Crippen LogP contribution in [-0.4, -0.2) is 34.0 Å². The zero-order chi connectivity index (χ0) is 20.7. The Kier molecular flexibility index (Phi) is 7.72. The number of ether oxygens (including phenoxy) is 1. The summed E-state index contributed by atoms with van der Waals surface area (Å²) in [7, 11) is -2.32. The maximum Gasteiger partial charge on any atom is 0.251 e. The van der Waals surface area contributed by atoms with Crippen molar-refractivity contribution in [3.8, 4) is 5.75 Å². The number of methoxy groups -OCH3 is 1. The van der Waals surface area contributed by atoms with Crippen molar-refractivity contribution in [2.24, 2.45) is 0 Å². The van der Waals surface area contributed by atoms with Gasteiger partial charge in [0.25, 0.3) is 5.91 Å². The van der Waals surface area contributed by atoms with Gasteiger partial charge in [-0.15, -0.1) is 0 Å². The molecule has 0 spiro atoms. The molecule has 1 aromatic rings. The van der Waals surface area contributed by atoms with Gasteiger partial charge < -0.3 is 10.1 Å². The molecule has 2 aliphatic rings. The van der Waals surface area contributed by atoms with Crippen molar-refractivity contribution in [1.29, 1.82) is 0 Å². The molecule has 7 heteroatoms. The van der Waals surface area contributed by atoms with Crippen LogP contribution in [0.5, 0.6) is 5.75 Å². The minimum atomic E-state index is -3.76. The minimum absolute atomic E-state index is 0.0215. The summed E-state index contributed by atoms with van der Waals surface area (Å²) in [4.78, 5) is 12.6. The highest BCUT2D eigenvalue weighted by Gasteiger charge is 2.26. The molecule has 1 saturated carbocycles. The molecule has 160 valence electrons. The molecule has 6 nitrogen and oxygen atoms in total. The first-order chi connectivity index (χ1) is 14.0. The second kappa shape index (κ2) is 10.3. The molecular weight excluding hydrogens is 388 g/mol. The van der Waals surface area contributed by atoms with Crippen LogP contribution >= 0.6 is 0 Å². The smallest absolute Gasteiger partial charge is 0.251 e. The molecule has 1 fully saturated rings. The molecule has 1 amide bonds. The Hall–Kier alpha value is -1.86. The van der Waals surface area contributed by atoms with Crippen molar-refractivity contribution in [3.63, 3.8) is 0 Å². The summed E-state index contributed by atoms with van der Waals surface area (Å²) in [5.41, 5.74) is 1.72. The minimum Gasteiger partial charge on any atom is -0.495 e. The monoisotopic (exact) mass is 420 g/mol. The van der Waals surface area contributed by atoms with Gasteiger partial charge in [-0.3, -0.25) is 4.79 Å². The van der Waals surface area contributed by atoms with Gasteiger partial charge in [-0.2, -0.15) is 0 Å². The Balaban J connectivity index is 1.68. The second-order valence-corrected chi connectivity index (χ2v) is 9.62. The van der Waals surface area contributed by atoms with Crippen LogP contribution in [0.2, 0.25) is 0 Å². The third-order valence-electron chi connectivity index (χ3n) is 5.76. The van der Waals surface area contributed by atoms with E-state index in [4.69, 9.17) is 4.74 Å². The van der Waals surface area contributed by atoms with Crippen LogP contribution in [0.25, 0.3) is 0 Å². The molecule has 2 aliphatic carbocycles. The topological polar surface area (TPSA) is 84.5 Å². The summed E-state index contributed by atoms with van der Waals surface area (Å²) in [6.07, 6.45) is 12.7. The van der Waals surface area contributed by atoms with E-state index >= 15 is 0 Å². The Labute approximate surface area is 174 Å². The fourth-order valence-electron chi connectivity index (χ4n) is 4.10. The first-order valence-electron chi connectivity index (χ1n) is 10.7. The third-order valence-corrected chi connectivity index (χ3v) is 7.30. The van der Waals surface area contributed by atoms with Crippen LogP contribution in [0.4, 0.5) is 0 Å². The third kappa shape index (κ3) is 6.06. The average Bonchev–Trinajstić information content (AvgIpc) is 2.74. The quantitative estimate of drug-likeness (QED) is 0.624. The van der Waals surface area contributed by atoms with Crippen LogP contribution in [0.1, 0.15) is 74.6 Å². The van der Waals surface area contributed by atoms with E-state index in [1.54, 1.807) is 12.1 Å². The lowest BCUT2D eigenvalue weighted by Gasteiger charge is -2.23. The number of carbonyl (C=O) groups excluding carboxylic acids is 1. The number of benzene rings is 1. The SMILES string of the molecule is COc1ccc(C(=O)NCCC2=CCCCC2)cc1S(=O)(=O)NC1CCCCC1. The molecule has 1 aromatic carbocycles. The molecular formula is C22H32N2O4S.